The minimum Gasteiger partial charge on any atom is -0.409 e. The van der Waals surface area contributed by atoms with Gasteiger partial charge in [0.15, 0.2) is 5.84 Å². The van der Waals surface area contributed by atoms with E-state index in [2.05, 4.69) is 10.5 Å². The molecule has 1 unspecified atom stereocenters. The van der Waals surface area contributed by atoms with Crippen molar-refractivity contribution < 1.29 is 9.94 Å². The average Bonchev–Trinajstić information content (AvgIpc) is 2.18. The third-order valence-corrected chi connectivity index (χ3v) is 2.19. The Hall–Kier alpha value is -0.810. The van der Waals surface area contributed by atoms with Crippen molar-refractivity contribution in [2.45, 2.75) is 45.8 Å². The maximum absolute atomic E-state index is 8.56. The number of nitrogens with zero attached hydrogens (tertiary/aromatic N) is 1. The number of rotatable bonds is 7. The first kappa shape index (κ1) is 14.2. The molecular formula is C10H23N3O2. The van der Waals surface area contributed by atoms with Crippen LogP contribution in [0.4, 0.5) is 0 Å². The van der Waals surface area contributed by atoms with Gasteiger partial charge in [-0.05, 0) is 27.2 Å². The number of oxime groups is 1. The molecule has 0 saturated carbocycles. The second-order valence-corrected chi connectivity index (χ2v) is 4.06. The summed E-state index contributed by atoms with van der Waals surface area (Å²) in [4.78, 5) is 0. The van der Waals surface area contributed by atoms with Crippen LogP contribution in [-0.4, -0.2) is 35.8 Å². The molecule has 0 aliphatic carbocycles. The highest BCUT2D eigenvalue weighted by molar-refractivity contribution is 5.85. The van der Waals surface area contributed by atoms with Crippen LogP contribution in [0.2, 0.25) is 0 Å². The van der Waals surface area contributed by atoms with Gasteiger partial charge in [-0.15, -0.1) is 0 Å². The van der Waals surface area contributed by atoms with E-state index in [1.165, 1.54) is 0 Å². The van der Waals surface area contributed by atoms with Crippen molar-refractivity contribution in [2.75, 3.05) is 13.2 Å². The standard InChI is InChI=1S/C10H23N3O2/c1-5-8(9(11)13-14)12-7-10(3,4)15-6-2/h8,12,14H,5-7H2,1-4H3,(H2,11,13). The number of hydrogen-bond acceptors (Lipinski definition) is 4. The predicted molar refractivity (Wildman–Crippen MR) is 61.2 cm³/mol. The lowest BCUT2D eigenvalue weighted by molar-refractivity contribution is -0.00954. The van der Waals surface area contributed by atoms with Crippen molar-refractivity contribution in [3.05, 3.63) is 0 Å². The van der Waals surface area contributed by atoms with Crippen LogP contribution in [0.15, 0.2) is 5.16 Å². The van der Waals surface area contributed by atoms with Crippen LogP contribution in [0.1, 0.15) is 34.1 Å². The fourth-order valence-corrected chi connectivity index (χ4v) is 1.34. The normalized spacial score (nSPS) is 15.3. The molecule has 0 fully saturated rings. The molecule has 1 atom stereocenters. The molecule has 0 aromatic rings. The molecule has 0 radical (unpaired) electrons. The topological polar surface area (TPSA) is 79.9 Å². The zero-order valence-electron chi connectivity index (χ0n) is 10.1. The summed E-state index contributed by atoms with van der Waals surface area (Å²) in [6, 6.07) is -0.102. The van der Waals surface area contributed by atoms with Crippen LogP contribution < -0.4 is 11.1 Å². The maximum Gasteiger partial charge on any atom is 0.156 e. The van der Waals surface area contributed by atoms with Crippen LogP contribution in [-0.2, 0) is 4.74 Å². The van der Waals surface area contributed by atoms with Crippen molar-refractivity contribution in [2.24, 2.45) is 10.9 Å². The molecule has 0 amide bonds. The number of ether oxygens (including phenoxy) is 1. The van der Waals surface area contributed by atoms with E-state index in [9.17, 15) is 0 Å². The first-order chi connectivity index (χ1) is 6.96. The van der Waals surface area contributed by atoms with E-state index < -0.39 is 0 Å². The Balaban J connectivity index is 4.11. The lowest BCUT2D eigenvalue weighted by Crippen LogP contribution is -2.47. The van der Waals surface area contributed by atoms with Gasteiger partial charge >= 0.3 is 0 Å². The van der Waals surface area contributed by atoms with E-state index in [4.69, 9.17) is 15.7 Å². The second kappa shape index (κ2) is 6.63. The highest BCUT2D eigenvalue weighted by Crippen LogP contribution is 2.07. The van der Waals surface area contributed by atoms with E-state index in [0.717, 1.165) is 6.42 Å². The number of hydrogen-bond donors (Lipinski definition) is 3. The van der Waals surface area contributed by atoms with Gasteiger partial charge < -0.3 is 21.0 Å². The van der Waals surface area contributed by atoms with Gasteiger partial charge in [0.1, 0.15) is 0 Å². The number of nitrogens with two attached hydrogens (primary N) is 1. The zero-order chi connectivity index (χ0) is 11.9. The minimum absolute atomic E-state index is 0.102. The molecule has 5 nitrogen and oxygen atoms in total. The number of nitrogens with one attached hydrogen (secondary N) is 1. The monoisotopic (exact) mass is 217 g/mol. The van der Waals surface area contributed by atoms with E-state index in [1.54, 1.807) is 0 Å². The predicted octanol–water partition coefficient (Wildman–Crippen LogP) is 0.916. The number of amidine groups is 1. The van der Waals surface area contributed by atoms with Gasteiger partial charge in [-0.2, -0.15) is 0 Å². The van der Waals surface area contributed by atoms with Gasteiger partial charge in [0.25, 0.3) is 0 Å². The quantitative estimate of drug-likeness (QED) is 0.256. The van der Waals surface area contributed by atoms with Crippen LogP contribution in [0.3, 0.4) is 0 Å². The molecule has 90 valence electrons. The lowest BCUT2D eigenvalue weighted by Gasteiger charge is -2.27. The third-order valence-electron chi connectivity index (χ3n) is 2.19. The summed E-state index contributed by atoms with van der Waals surface area (Å²) in [5.74, 6) is 0.213. The van der Waals surface area contributed by atoms with Crippen LogP contribution in [0.5, 0.6) is 0 Å². The summed E-state index contributed by atoms with van der Waals surface area (Å²) in [5, 5.41) is 14.8. The first-order valence-electron chi connectivity index (χ1n) is 5.31. The van der Waals surface area contributed by atoms with Gasteiger partial charge in [0.2, 0.25) is 0 Å². The van der Waals surface area contributed by atoms with Crippen LogP contribution in [0.25, 0.3) is 0 Å². The van der Waals surface area contributed by atoms with E-state index in [0.29, 0.717) is 13.2 Å². The summed E-state index contributed by atoms with van der Waals surface area (Å²) < 4.78 is 5.53. The Morgan fingerprint density at radius 2 is 2.13 bits per heavy atom. The van der Waals surface area contributed by atoms with Gasteiger partial charge in [-0.25, -0.2) is 0 Å². The highest BCUT2D eigenvalue weighted by atomic mass is 16.5. The summed E-state index contributed by atoms with van der Waals surface area (Å²) in [6.07, 6.45) is 0.776. The summed E-state index contributed by atoms with van der Waals surface area (Å²) in [6.45, 7) is 9.28. The second-order valence-electron chi connectivity index (χ2n) is 4.06. The summed E-state index contributed by atoms with van der Waals surface area (Å²) in [5.41, 5.74) is 5.29. The summed E-state index contributed by atoms with van der Waals surface area (Å²) in [7, 11) is 0. The smallest absolute Gasteiger partial charge is 0.156 e. The van der Waals surface area contributed by atoms with Gasteiger partial charge in [0.05, 0.1) is 11.6 Å². The Labute approximate surface area is 91.7 Å². The molecule has 0 bridgehead atoms. The Morgan fingerprint density at radius 3 is 2.53 bits per heavy atom. The largest absolute Gasteiger partial charge is 0.409 e. The summed E-state index contributed by atoms with van der Waals surface area (Å²) >= 11 is 0. The SMILES string of the molecule is CCOC(C)(C)CNC(CC)C(N)=NO. The zero-order valence-corrected chi connectivity index (χ0v) is 10.1. The van der Waals surface area contributed by atoms with E-state index in [-0.39, 0.29) is 17.5 Å². The first-order valence-corrected chi connectivity index (χ1v) is 5.31. The average molecular weight is 217 g/mol. The fraction of sp³-hybridized carbons (Fsp3) is 0.900. The lowest BCUT2D eigenvalue weighted by atomic mass is 10.1. The van der Waals surface area contributed by atoms with Crippen molar-refractivity contribution in [1.82, 2.24) is 5.32 Å². The molecule has 5 heteroatoms. The maximum atomic E-state index is 8.56. The van der Waals surface area contributed by atoms with Crippen molar-refractivity contribution in [3.8, 4) is 0 Å². The Morgan fingerprint density at radius 1 is 1.53 bits per heavy atom. The van der Waals surface area contributed by atoms with E-state index in [1.807, 2.05) is 27.7 Å². The molecule has 0 aromatic heterocycles. The molecule has 0 aliphatic rings. The third kappa shape index (κ3) is 5.59. The van der Waals surface area contributed by atoms with Gasteiger partial charge in [-0.1, -0.05) is 12.1 Å². The Kier molecular flexibility index (Phi) is 6.27. The highest BCUT2D eigenvalue weighted by Gasteiger charge is 2.20. The molecule has 0 heterocycles. The molecule has 0 aliphatic heterocycles. The molecule has 4 N–H and O–H groups in total. The molecule has 0 aromatic carbocycles. The van der Waals surface area contributed by atoms with Crippen molar-refractivity contribution in [3.63, 3.8) is 0 Å². The molecule has 0 spiro atoms. The Bertz CT molecular complexity index is 205. The molecule has 0 rings (SSSR count). The van der Waals surface area contributed by atoms with E-state index >= 15 is 0 Å². The van der Waals surface area contributed by atoms with Crippen LogP contribution >= 0.6 is 0 Å². The van der Waals surface area contributed by atoms with Gasteiger partial charge in [0, 0.05) is 13.2 Å². The van der Waals surface area contributed by atoms with Crippen molar-refractivity contribution >= 4 is 5.84 Å². The van der Waals surface area contributed by atoms with Gasteiger partial charge in [-0.3, -0.25) is 0 Å². The van der Waals surface area contributed by atoms with Crippen LogP contribution in [0, 0.1) is 0 Å². The minimum atomic E-state index is -0.238. The molecule has 0 saturated heterocycles. The molecule has 15 heavy (non-hydrogen) atoms. The van der Waals surface area contributed by atoms with Crippen molar-refractivity contribution in [1.29, 1.82) is 0 Å². The molecular weight excluding hydrogens is 194 g/mol. The fourth-order valence-electron chi connectivity index (χ4n) is 1.34.